The Morgan fingerprint density at radius 2 is 1.94 bits per heavy atom. The van der Waals surface area contributed by atoms with Gasteiger partial charge in [-0.1, -0.05) is 12.1 Å². The predicted molar refractivity (Wildman–Crippen MR) is 66.8 cm³/mol. The van der Waals surface area contributed by atoms with E-state index >= 15 is 0 Å². The molecule has 3 N–H and O–H groups in total. The molecular weight excluding hydrogens is 258 g/mol. The Bertz CT molecular complexity index is 512. The second kappa shape index (κ2) is 5.69. The van der Waals surface area contributed by atoms with Crippen molar-refractivity contribution < 1.29 is 17.9 Å². The molecule has 0 saturated carbocycles. The summed E-state index contributed by atoms with van der Waals surface area (Å²) < 4.78 is 30.3. The van der Waals surface area contributed by atoms with Crippen LogP contribution in [-0.2, 0) is 21.5 Å². The lowest BCUT2D eigenvalue weighted by Gasteiger charge is -2.17. The number of rotatable bonds is 4. The molecule has 0 aliphatic heterocycles. The summed E-state index contributed by atoms with van der Waals surface area (Å²) in [6, 6.07) is 6.76. The van der Waals surface area contributed by atoms with E-state index in [0.717, 1.165) is 17.0 Å². The molecule has 0 aliphatic carbocycles. The first-order valence-corrected chi connectivity index (χ1v) is 6.45. The molecule has 1 aromatic carbocycles. The lowest BCUT2D eigenvalue weighted by molar-refractivity contribution is 0.177. The Balaban J connectivity index is 2.72. The van der Waals surface area contributed by atoms with Crippen molar-refractivity contribution in [3.05, 3.63) is 29.8 Å². The minimum Gasteiger partial charge on any atom is -0.452 e. The molecule has 100 valence electrons. The predicted octanol–water partition coefficient (Wildman–Crippen LogP) is 0.301. The van der Waals surface area contributed by atoms with Crippen molar-refractivity contribution in [2.24, 2.45) is 0 Å². The number of nitrogens with zero attached hydrogens (tertiary/aromatic N) is 1. The van der Waals surface area contributed by atoms with Gasteiger partial charge in [0.1, 0.15) is 0 Å². The Kier molecular flexibility index (Phi) is 4.51. The van der Waals surface area contributed by atoms with Gasteiger partial charge in [-0.15, -0.1) is 0 Å². The third-order valence-electron chi connectivity index (χ3n) is 2.19. The highest BCUT2D eigenvalue weighted by atomic mass is 32.2. The largest absolute Gasteiger partial charge is 0.452 e. The zero-order valence-corrected chi connectivity index (χ0v) is 10.9. The molecule has 0 heterocycles. The maximum Gasteiger partial charge on any atom is 0.421 e. The van der Waals surface area contributed by atoms with Crippen molar-refractivity contribution in [1.29, 1.82) is 0 Å². The Labute approximate surface area is 106 Å². The number of nitrogen functional groups attached to an aromatic ring is 1. The molecule has 18 heavy (non-hydrogen) atoms. The Morgan fingerprint density at radius 1 is 1.39 bits per heavy atom. The van der Waals surface area contributed by atoms with Gasteiger partial charge in [0.2, 0.25) is 0 Å². The first-order chi connectivity index (χ1) is 8.35. The second-order valence-corrected chi connectivity index (χ2v) is 5.37. The van der Waals surface area contributed by atoms with Gasteiger partial charge in [-0.05, 0) is 17.7 Å². The van der Waals surface area contributed by atoms with Gasteiger partial charge in [-0.3, -0.25) is 0 Å². The highest BCUT2D eigenvalue weighted by molar-refractivity contribution is 7.87. The number of anilines is 1. The zero-order chi connectivity index (χ0) is 13.8. The van der Waals surface area contributed by atoms with Crippen molar-refractivity contribution in [3.63, 3.8) is 0 Å². The number of carbonyl (C=O) groups excluding carboxylic acids is 1. The molecule has 0 aromatic heterocycles. The summed E-state index contributed by atoms with van der Waals surface area (Å²) in [7, 11) is -1.47. The summed E-state index contributed by atoms with van der Waals surface area (Å²) in [6.07, 6.45) is -1.03. The number of nitrogens with one attached hydrogen (secondary N) is 1. The van der Waals surface area contributed by atoms with Gasteiger partial charge in [0.05, 0.1) is 7.11 Å². The summed E-state index contributed by atoms with van der Waals surface area (Å²) in [4.78, 5) is 10.9. The van der Waals surface area contributed by atoms with Gasteiger partial charge in [0.25, 0.3) is 0 Å². The summed E-state index contributed by atoms with van der Waals surface area (Å²) in [5.41, 5.74) is 6.87. The van der Waals surface area contributed by atoms with Crippen LogP contribution in [0.1, 0.15) is 5.56 Å². The van der Waals surface area contributed by atoms with Gasteiger partial charge in [0, 0.05) is 19.3 Å². The van der Waals surface area contributed by atoms with Crippen LogP contribution in [0.4, 0.5) is 10.5 Å². The highest BCUT2D eigenvalue weighted by Crippen LogP contribution is 2.09. The van der Waals surface area contributed by atoms with E-state index in [1.54, 1.807) is 29.0 Å². The molecule has 0 unspecified atom stereocenters. The maximum absolute atomic E-state index is 11.7. The van der Waals surface area contributed by atoms with Gasteiger partial charge in [0.15, 0.2) is 0 Å². The maximum atomic E-state index is 11.7. The number of nitrogens with two attached hydrogens (primary N) is 1. The first kappa shape index (κ1) is 14.3. The smallest absolute Gasteiger partial charge is 0.421 e. The van der Waals surface area contributed by atoms with Crippen LogP contribution in [0.3, 0.4) is 0 Å². The number of hydrogen-bond acceptors (Lipinski definition) is 5. The minimum atomic E-state index is -3.90. The average Bonchev–Trinajstić information content (AvgIpc) is 2.31. The van der Waals surface area contributed by atoms with Crippen LogP contribution in [0.25, 0.3) is 0 Å². The third-order valence-corrected chi connectivity index (χ3v) is 3.57. The van der Waals surface area contributed by atoms with Crippen LogP contribution in [0.5, 0.6) is 0 Å². The first-order valence-electron chi connectivity index (χ1n) is 5.01. The number of hydrogen-bond donors (Lipinski definition) is 2. The van der Waals surface area contributed by atoms with E-state index in [0.29, 0.717) is 5.69 Å². The van der Waals surface area contributed by atoms with Crippen molar-refractivity contribution in [1.82, 2.24) is 9.03 Å². The van der Waals surface area contributed by atoms with E-state index in [1.807, 2.05) is 0 Å². The fourth-order valence-electron chi connectivity index (χ4n) is 1.19. The summed E-state index contributed by atoms with van der Waals surface area (Å²) >= 11 is 0. The fourth-order valence-corrected chi connectivity index (χ4v) is 1.96. The third kappa shape index (κ3) is 3.90. The van der Waals surface area contributed by atoms with Crippen molar-refractivity contribution in [2.75, 3.05) is 19.9 Å². The van der Waals surface area contributed by atoms with Gasteiger partial charge < -0.3 is 10.5 Å². The van der Waals surface area contributed by atoms with Crippen molar-refractivity contribution in [3.8, 4) is 0 Å². The Morgan fingerprint density at radius 3 is 2.44 bits per heavy atom. The molecule has 1 amide bonds. The molecule has 7 nitrogen and oxygen atoms in total. The molecule has 1 aromatic rings. The van der Waals surface area contributed by atoms with Gasteiger partial charge >= 0.3 is 16.3 Å². The van der Waals surface area contributed by atoms with Crippen LogP contribution in [0.15, 0.2) is 24.3 Å². The number of ether oxygens (including phenoxy) is 1. The van der Waals surface area contributed by atoms with Crippen molar-refractivity contribution in [2.45, 2.75) is 6.54 Å². The van der Waals surface area contributed by atoms with Crippen LogP contribution in [0, 0.1) is 0 Å². The van der Waals surface area contributed by atoms with Gasteiger partial charge in [-0.2, -0.15) is 12.7 Å². The van der Waals surface area contributed by atoms with E-state index in [2.05, 4.69) is 4.74 Å². The molecule has 0 saturated heterocycles. The topological polar surface area (TPSA) is 102 Å². The van der Waals surface area contributed by atoms with Gasteiger partial charge in [-0.25, -0.2) is 9.52 Å². The van der Waals surface area contributed by atoms with Crippen LogP contribution >= 0.6 is 0 Å². The van der Waals surface area contributed by atoms with E-state index < -0.39 is 16.3 Å². The zero-order valence-electron chi connectivity index (χ0n) is 10.1. The molecule has 0 bridgehead atoms. The average molecular weight is 273 g/mol. The summed E-state index contributed by atoms with van der Waals surface area (Å²) in [6.45, 7) is 0.118. The monoisotopic (exact) mass is 273 g/mol. The van der Waals surface area contributed by atoms with E-state index in [9.17, 15) is 13.2 Å². The normalized spacial score (nSPS) is 11.3. The fraction of sp³-hybridized carbons (Fsp3) is 0.300. The van der Waals surface area contributed by atoms with E-state index in [-0.39, 0.29) is 6.54 Å². The van der Waals surface area contributed by atoms with Crippen LogP contribution in [-0.4, -0.2) is 33.0 Å². The molecule has 1 rings (SSSR count). The molecule has 0 fully saturated rings. The number of carbonyl (C=O) groups is 1. The molecule has 0 radical (unpaired) electrons. The molecule has 8 heteroatoms. The SMILES string of the molecule is COC(=O)NS(=O)(=O)N(C)Cc1ccc(N)cc1. The standard InChI is InChI=1S/C10H15N3O4S/c1-13(18(15,16)12-10(14)17-2)7-8-3-5-9(11)6-4-8/h3-6H,7,11H2,1-2H3,(H,12,14). The van der Waals surface area contributed by atoms with E-state index in [4.69, 9.17) is 5.73 Å². The summed E-state index contributed by atoms with van der Waals surface area (Å²) in [5.74, 6) is 0. The van der Waals surface area contributed by atoms with E-state index in [1.165, 1.54) is 7.05 Å². The number of methoxy groups -OCH3 is 1. The lowest BCUT2D eigenvalue weighted by Crippen LogP contribution is -2.41. The second-order valence-electron chi connectivity index (χ2n) is 3.60. The number of amides is 1. The quantitative estimate of drug-likeness (QED) is 0.768. The number of benzene rings is 1. The van der Waals surface area contributed by atoms with Crippen LogP contribution in [0.2, 0.25) is 0 Å². The van der Waals surface area contributed by atoms with Crippen molar-refractivity contribution >= 4 is 22.0 Å². The van der Waals surface area contributed by atoms with Crippen LogP contribution < -0.4 is 10.5 Å². The molecule has 0 spiro atoms. The Hall–Kier alpha value is -1.80. The highest BCUT2D eigenvalue weighted by Gasteiger charge is 2.20. The lowest BCUT2D eigenvalue weighted by atomic mass is 10.2. The minimum absolute atomic E-state index is 0.118. The summed E-state index contributed by atoms with van der Waals surface area (Å²) in [5, 5.41) is 0. The molecule has 0 atom stereocenters. The molecule has 0 aliphatic rings. The molecular formula is C10H15N3O4S.